The maximum Gasteiger partial charge on any atom is 0.263 e. The van der Waals surface area contributed by atoms with Crippen molar-refractivity contribution in [1.29, 1.82) is 0 Å². The average Bonchev–Trinajstić information content (AvgIpc) is 3.48. The highest BCUT2D eigenvalue weighted by Gasteiger charge is 2.16. The van der Waals surface area contributed by atoms with E-state index in [0.717, 1.165) is 16.0 Å². The van der Waals surface area contributed by atoms with Gasteiger partial charge in [-0.15, -0.1) is 22.7 Å². The lowest BCUT2D eigenvalue weighted by atomic mass is 10.1. The number of aromatic nitrogens is 2. The standard InChI is InChI=1S/C22H21N3O5S2/c1-28-15-7-13(8-16(29-2)20(15)30-3)9-23-18(26)10-25-12-24-21-19(22(25)27)14(11-32-21)17-5-4-6-31-17/h4-8,11-12H,9-10H2,1-3H3,(H,23,26). The van der Waals surface area contributed by atoms with Gasteiger partial charge in [0.25, 0.3) is 5.56 Å². The van der Waals surface area contributed by atoms with Gasteiger partial charge in [0.2, 0.25) is 11.7 Å². The van der Waals surface area contributed by atoms with Crippen LogP contribution in [-0.4, -0.2) is 36.8 Å². The Morgan fingerprint density at radius 2 is 1.88 bits per heavy atom. The van der Waals surface area contributed by atoms with E-state index >= 15 is 0 Å². The monoisotopic (exact) mass is 471 g/mol. The number of thiophene rings is 2. The van der Waals surface area contributed by atoms with E-state index in [0.29, 0.717) is 27.5 Å². The number of nitrogens with zero attached hydrogens (tertiary/aromatic N) is 2. The predicted octanol–water partition coefficient (Wildman–Crippen LogP) is 3.53. The minimum Gasteiger partial charge on any atom is -0.493 e. The van der Waals surface area contributed by atoms with Crippen LogP contribution in [0.15, 0.2) is 46.1 Å². The molecule has 0 atom stereocenters. The van der Waals surface area contributed by atoms with Crippen LogP contribution in [0.4, 0.5) is 0 Å². The van der Waals surface area contributed by atoms with Gasteiger partial charge < -0.3 is 19.5 Å². The highest BCUT2D eigenvalue weighted by atomic mass is 32.1. The van der Waals surface area contributed by atoms with E-state index in [1.54, 1.807) is 23.5 Å². The van der Waals surface area contributed by atoms with Crippen molar-refractivity contribution in [2.45, 2.75) is 13.1 Å². The van der Waals surface area contributed by atoms with Crippen LogP contribution in [-0.2, 0) is 17.9 Å². The molecule has 3 aromatic heterocycles. The first-order chi connectivity index (χ1) is 15.5. The molecular formula is C22H21N3O5S2. The zero-order valence-corrected chi connectivity index (χ0v) is 19.3. The molecule has 10 heteroatoms. The summed E-state index contributed by atoms with van der Waals surface area (Å²) in [5.41, 5.74) is 1.39. The van der Waals surface area contributed by atoms with Crippen LogP contribution in [0.5, 0.6) is 17.2 Å². The number of methoxy groups -OCH3 is 3. The number of hydrogen-bond acceptors (Lipinski definition) is 8. The summed E-state index contributed by atoms with van der Waals surface area (Å²) in [6.45, 7) is 0.102. The number of carbonyl (C=O) groups is 1. The number of amides is 1. The zero-order valence-electron chi connectivity index (χ0n) is 17.7. The summed E-state index contributed by atoms with van der Waals surface area (Å²) >= 11 is 2.98. The van der Waals surface area contributed by atoms with Crippen molar-refractivity contribution in [2.75, 3.05) is 21.3 Å². The van der Waals surface area contributed by atoms with Crippen LogP contribution in [0.2, 0.25) is 0 Å². The van der Waals surface area contributed by atoms with Crippen molar-refractivity contribution in [2.24, 2.45) is 0 Å². The average molecular weight is 472 g/mol. The summed E-state index contributed by atoms with van der Waals surface area (Å²) < 4.78 is 17.3. The fourth-order valence-corrected chi connectivity index (χ4v) is 5.06. The third kappa shape index (κ3) is 4.19. The topological polar surface area (TPSA) is 91.7 Å². The van der Waals surface area contributed by atoms with Gasteiger partial charge in [0, 0.05) is 22.4 Å². The van der Waals surface area contributed by atoms with Crippen LogP contribution in [0.1, 0.15) is 5.56 Å². The van der Waals surface area contributed by atoms with E-state index in [1.807, 2.05) is 22.9 Å². The maximum atomic E-state index is 13.1. The molecule has 0 saturated heterocycles. The van der Waals surface area contributed by atoms with E-state index in [4.69, 9.17) is 14.2 Å². The van der Waals surface area contributed by atoms with Gasteiger partial charge in [-0.2, -0.15) is 0 Å². The molecule has 166 valence electrons. The molecule has 32 heavy (non-hydrogen) atoms. The van der Waals surface area contributed by atoms with Gasteiger partial charge in [-0.25, -0.2) is 4.98 Å². The number of nitrogens with one attached hydrogen (secondary N) is 1. The summed E-state index contributed by atoms with van der Waals surface area (Å²) in [7, 11) is 4.59. The molecular weight excluding hydrogens is 450 g/mol. The van der Waals surface area contributed by atoms with Gasteiger partial charge in [-0.05, 0) is 29.1 Å². The lowest BCUT2D eigenvalue weighted by Gasteiger charge is -2.14. The Labute approximate surface area is 192 Å². The van der Waals surface area contributed by atoms with Crippen molar-refractivity contribution < 1.29 is 19.0 Å². The largest absolute Gasteiger partial charge is 0.493 e. The molecule has 0 aliphatic heterocycles. The van der Waals surface area contributed by atoms with Gasteiger partial charge in [0.05, 0.1) is 33.0 Å². The van der Waals surface area contributed by atoms with E-state index in [1.165, 1.54) is 43.6 Å². The van der Waals surface area contributed by atoms with Gasteiger partial charge in [-0.1, -0.05) is 6.07 Å². The third-order valence-corrected chi connectivity index (χ3v) is 6.66. The Hall–Kier alpha value is -3.37. The number of ether oxygens (including phenoxy) is 3. The molecule has 8 nitrogen and oxygen atoms in total. The van der Waals surface area contributed by atoms with Crippen LogP contribution >= 0.6 is 22.7 Å². The highest BCUT2D eigenvalue weighted by molar-refractivity contribution is 7.18. The minimum atomic E-state index is -0.310. The Morgan fingerprint density at radius 1 is 1.12 bits per heavy atom. The molecule has 1 amide bonds. The Balaban J connectivity index is 1.52. The SMILES string of the molecule is COc1cc(CNC(=O)Cn2cnc3scc(-c4cccs4)c3c2=O)cc(OC)c1OC. The number of carbonyl (C=O) groups excluding carboxylic acids is 1. The van der Waals surface area contributed by atoms with Crippen LogP contribution < -0.4 is 25.1 Å². The molecule has 0 spiro atoms. The number of benzene rings is 1. The van der Waals surface area contributed by atoms with Crippen molar-refractivity contribution in [3.8, 4) is 27.7 Å². The summed E-state index contributed by atoms with van der Waals surface area (Å²) in [4.78, 5) is 31.7. The molecule has 1 aromatic carbocycles. The highest BCUT2D eigenvalue weighted by Crippen LogP contribution is 2.38. The second kappa shape index (κ2) is 9.41. The smallest absolute Gasteiger partial charge is 0.263 e. The Kier molecular flexibility index (Phi) is 6.42. The Morgan fingerprint density at radius 3 is 2.50 bits per heavy atom. The van der Waals surface area contributed by atoms with Crippen molar-refractivity contribution in [3.63, 3.8) is 0 Å². The molecule has 0 unspecified atom stereocenters. The first-order valence-electron chi connectivity index (χ1n) is 9.61. The molecule has 1 N–H and O–H groups in total. The van der Waals surface area contributed by atoms with Crippen molar-refractivity contribution in [1.82, 2.24) is 14.9 Å². The molecule has 4 rings (SSSR count). The van der Waals surface area contributed by atoms with Gasteiger partial charge in [0.1, 0.15) is 11.4 Å². The summed E-state index contributed by atoms with van der Waals surface area (Å²) in [5, 5.41) is 7.26. The van der Waals surface area contributed by atoms with E-state index in [2.05, 4.69) is 10.3 Å². The van der Waals surface area contributed by atoms with Gasteiger partial charge in [-0.3, -0.25) is 14.2 Å². The second-order valence-electron chi connectivity index (χ2n) is 6.79. The molecule has 0 fully saturated rings. The van der Waals surface area contributed by atoms with E-state index in [-0.39, 0.29) is 24.6 Å². The van der Waals surface area contributed by atoms with E-state index < -0.39 is 0 Å². The van der Waals surface area contributed by atoms with Gasteiger partial charge in [0.15, 0.2) is 11.5 Å². The number of rotatable bonds is 8. The fraction of sp³-hybridized carbons (Fsp3) is 0.227. The molecule has 3 heterocycles. The summed E-state index contributed by atoms with van der Waals surface area (Å²) in [6.07, 6.45) is 1.42. The predicted molar refractivity (Wildman–Crippen MR) is 125 cm³/mol. The molecule has 0 saturated carbocycles. The van der Waals surface area contributed by atoms with E-state index in [9.17, 15) is 9.59 Å². The lowest BCUT2D eigenvalue weighted by molar-refractivity contribution is -0.121. The quantitative estimate of drug-likeness (QED) is 0.423. The molecule has 0 aliphatic rings. The minimum absolute atomic E-state index is 0.133. The lowest BCUT2D eigenvalue weighted by Crippen LogP contribution is -2.32. The van der Waals surface area contributed by atoms with Crippen LogP contribution in [0, 0.1) is 0 Å². The first kappa shape index (κ1) is 21.8. The number of hydrogen-bond donors (Lipinski definition) is 1. The van der Waals surface area contributed by atoms with Crippen molar-refractivity contribution >= 4 is 38.8 Å². The second-order valence-corrected chi connectivity index (χ2v) is 8.60. The maximum absolute atomic E-state index is 13.1. The Bertz CT molecular complexity index is 1290. The molecule has 0 radical (unpaired) electrons. The van der Waals surface area contributed by atoms with Crippen molar-refractivity contribution in [3.05, 3.63) is 57.3 Å². The summed E-state index contributed by atoms with van der Waals surface area (Å²) in [6, 6.07) is 7.43. The normalized spacial score (nSPS) is 10.8. The van der Waals surface area contributed by atoms with Gasteiger partial charge >= 0.3 is 0 Å². The fourth-order valence-electron chi connectivity index (χ4n) is 3.34. The molecule has 0 bridgehead atoms. The molecule has 0 aliphatic carbocycles. The summed E-state index contributed by atoms with van der Waals surface area (Å²) in [5.74, 6) is 1.17. The van der Waals surface area contributed by atoms with Crippen LogP contribution in [0.25, 0.3) is 20.7 Å². The first-order valence-corrected chi connectivity index (χ1v) is 11.4. The zero-order chi connectivity index (χ0) is 22.7. The third-order valence-electron chi connectivity index (χ3n) is 4.88. The number of fused-ring (bicyclic) bond motifs is 1. The molecule has 4 aromatic rings. The van der Waals surface area contributed by atoms with Crippen LogP contribution in [0.3, 0.4) is 0 Å².